The van der Waals surface area contributed by atoms with Gasteiger partial charge in [0.2, 0.25) is 10.0 Å². The van der Waals surface area contributed by atoms with E-state index in [1.54, 1.807) is 0 Å². The number of hydrogen-bond acceptors (Lipinski definition) is 3. The van der Waals surface area contributed by atoms with Crippen molar-refractivity contribution in [3.8, 4) is 0 Å². The molecular weight excluding hydrogens is 236 g/mol. The molecule has 0 bridgehead atoms. The van der Waals surface area contributed by atoms with Crippen molar-refractivity contribution in [2.75, 3.05) is 32.4 Å². The van der Waals surface area contributed by atoms with Crippen LogP contribution < -0.4 is 4.72 Å². The quantitative estimate of drug-likeness (QED) is 0.826. The van der Waals surface area contributed by atoms with Gasteiger partial charge in [-0.25, -0.2) is 13.1 Å². The standard InChI is InChI=1S/C12H24N2O2S/c1-17(15,16)13-8-11-14-9-6-12(7-10-14)4-2-3-5-12/h13H,2-11H2,1H3. The van der Waals surface area contributed by atoms with Gasteiger partial charge in [0.15, 0.2) is 0 Å². The molecule has 100 valence electrons. The van der Waals surface area contributed by atoms with E-state index in [0.717, 1.165) is 19.6 Å². The van der Waals surface area contributed by atoms with Crippen molar-refractivity contribution in [1.82, 2.24) is 9.62 Å². The molecule has 1 heterocycles. The van der Waals surface area contributed by atoms with Gasteiger partial charge >= 0.3 is 0 Å². The summed E-state index contributed by atoms with van der Waals surface area (Å²) >= 11 is 0. The number of piperidine rings is 1. The zero-order chi connectivity index (χ0) is 12.4. The number of nitrogens with zero attached hydrogens (tertiary/aromatic N) is 1. The lowest BCUT2D eigenvalue weighted by Crippen LogP contribution is -2.42. The molecule has 0 aromatic heterocycles. The highest BCUT2D eigenvalue weighted by atomic mass is 32.2. The van der Waals surface area contributed by atoms with Gasteiger partial charge in [-0.05, 0) is 44.2 Å². The lowest BCUT2D eigenvalue weighted by molar-refractivity contribution is 0.110. The molecule has 2 aliphatic rings. The zero-order valence-electron chi connectivity index (χ0n) is 10.7. The topological polar surface area (TPSA) is 49.4 Å². The molecule has 0 aromatic carbocycles. The summed E-state index contributed by atoms with van der Waals surface area (Å²) in [7, 11) is -3.02. The van der Waals surface area contributed by atoms with Crippen LogP contribution in [0.25, 0.3) is 0 Å². The third-order valence-corrected chi connectivity index (χ3v) is 5.10. The molecule has 1 saturated heterocycles. The van der Waals surface area contributed by atoms with E-state index in [1.807, 2.05) is 0 Å². The fraction of sp³-hybridized carbons (Fsp3) is 1.00. The van der Waals surface area contributed by atoms with E-state index < -0.39 is 10.0 Å². The Bertz CT molecular complexity index is 338. The lowest BCUT2D eigenvalue weighted by atomic mass is 9.77. The average molecular weight is 260 g/mol. The van der Waals surface area contributed by atoms with Crippen LogP contribution in [0.2, 0.25) is 0 Å². The van der Waals surface area contributed by atoms with Gasteiger partial charge in [-0.3, -0.25) is 0 Å². The van der Waals surface area contributed by atoms with E-state index >= 15 is 0 Å². The second kappa shape index (κ2) is 5.24. The molecular formula is C12H24N2O2S. The van der Waals surface area contributed by atoms with E-state index in [2.05, 4.69) is 9.62 Å². The van der Waals surface area contributed by atoms with Gasteiger partial charge in [-0.2, -0.15) is 0 Å². The minimum atomic E-state index is -3.02. The first kappa shape index (κ1) is 13.3. The van der Waals surface area contributed by atoms with Crippen LogP contribution in [0.1, 0.15) is 38.5 Å². The van der Waals surface area contributed by atoms with Crippen LogP contribution in [0.5, 0.6) is 0 Å². The maximum Gasteiger partial charge on any atom is 0.208 e. The van der Waals surface area contributed by atoms with Gasteiger partial charge in [-0.1, -0.05) is 12.8 Å². The molecule has 2 rings (SSSR count). The molecule has 1 spiro atoms. The van der Waals surface area contributed by atoms with Crippen molar-refractivity contribution in [3.63, 3.8) is 0 Å². The zero-order valence-corrected chi connectivity index (χ0v) is 11.6. The van der Waals surface area contributed by atoms with E-state index in [1.165, 1.54) is 44.8 Å². The van der Waals surface area contributed by atoms with Gasteiger partial charge in [0.1, 0.15) is 0 Å². The summed E-state index contributed by atoms with van der Waals surface area (Å²) in [6, 6.07) is 0. The van der Waals surface area contributed by atoms with E-state index in [-0.39, 0.29) is 0 Å². The van der Waals surface area contributed by atoms with Crippen LogP contribution in [0.4, 0.5) is 0 Å². The third-order valence-electron chi connectivity index (χ3n) is 4.37. The largest absolute Gasteiger partial charge is 0.302 e. The monoisotopic (exact) mass is 260 g/mol. The molecule has 17 heavy (non-hydrogen) atoms. The summed E-state index contributed by atoms with van der Waals surface area (Å²) < 4.78 is 24.5. The smallest absolute Gasteiger partial charge is 0.208 e. The van der Waals surface area contributed by atoms with Gasteiger partial charge in [0, 0.05) is 13.1 Å². The third kappa shape index (κ3) is 3.93. The van der Waals surface area contributed by atoms with E-state index in [9.17, 15) is 8.42 Å². The van der Waals surface area contributed by atoms with Crippen molar-refractivity contribution in [2.24, 2.45) is 5.41 Å². The predicted molar refractivity (Wildman–Crippen MR) is 69.4 cm³/mol. The highest BCUT2D eigenvalue weighted by Crippen LogP contribution is 2.45. The summed E-state index contributed by atoms with van der Waals surface area (Å²) in [6.07, 6.45) is 9.50. The molecule has 4 nitrogen and oxygen atoms in total. The summed E-state index contributed by atoms with van der Waals surface area (Å²) in [4.78, 5) is 2.39. The van der Waals surface area contributed by atoms with Crippen LogP contribution in [0.3, 0.4) is 0 Å². The second-order valence-corrected chi connectivity index (χ2v) is 7.55. The highest BCUT2D eigenvalue weighted by Gasteiger charge is 2.36. The van der Waals surface area contributed by atoms with Crippen molar-refractivity contribution >= 4 is 10.0 Å². The Kier molecular flexibility index (Phi) is 4.10. The fourth-order valence-electron chi connectivity index (χ4n) is 3.27. The van der Waals surface area contributed by atoms with Crippen LogP contribution in [-0.2, 0) is 10.0 Å². The summed E-state index contributed by atoms with van der Waals surface area (Å²) in [5.74, 6) is 0. The Labute approximate surface area is 105 Å². The normalized spacial score (nSPS) is 25.5. The Hall–Kier alpha value is -0.130. The Morgan fingerprint density at radius 1 is 1.12 bits per heavy atom. The van der Waals surface area contributed by atoms with Gasteiger partial charge in [0.25, 0.3) is 0 Å². The minimum Gasteiger partial charge on any atom is -0.302 e. The molecule has 5 heteroatoms. The highest BCUT2D eigenvalue weighted by molar-refractivity contribution is 7.88. The lowest BCUT2D eigenvalue weighted by Gasteiger charge is -2.39. The van der Waals surface area contributed by atoms with Gasteiger partial charge in [0.05, 0.1) is 6.26 Å². The first-order valence-electron chi connectivity index (χ1n) is 6.66. The minimum absolute atomic E-state index is 0.547. The molecule has 1 aliphatic carbocycles. The fourth-order valence-corrected chi connectivity index (χ4v) is 3.73. The number of rotatable bonds is 4. The number of sulfonamides is 1. The predicted octanol–water partition coefficient (Wildman–Crippen LogP) is 1.19. The van der Waals surface area contributed by atoms with Crippen molar-refractivity contribution in [1.29, 1.82) is 0 Å². The molecule has 1 aliphatic heterocycles. The van der Waals surface area contributed by atoms with E-state index in [4.69, 9.17) is 0 Å². The van der Waals surface area contributed by atoms with Gasteiger partial charge in [-0.15, -0.1) is 0 Å². The van der Waals surface area contributed by atoms with Crippen LogP contribution in [0.15, 0.2) is 0 Å². The molecule has 2 fully saturated rings. The van der Waals surface area contributed by atoms with Crippen LogP contribution in [-0.4, -0.2) is 45.8 Å². The molecule has 0 aromatic rings. The van der Waals surface area contributed by atoms with Crippen molar-refractivity contribution in [2.45, 2.75) is 38.5 Å². The van der Waals surface area contributed by atoms with Crippen molar-refractivity contribution in [3.05, 3.63) is 0 Å². The van der Waals surface area contributed by atoms with Gasteiger partial charge < -0.3 is 4.90 Å². The average Bonchev–Trinajstić information content (AvgIpc) is 2.68. The molecule has 1 saturated carbocycles. The maximum absolute atomic E-state index is 10.9. The summed E-state index contributed by atoms with van der Waals surface area (Å²) in [6.45, 7) is 3.69. The number of likely N-dealkylation sites (tertiary alicyclic amines) is 1. The molecule has 0 atom stereocenters. The molecule has 1 N–H and O–H groups in total. The Balaban J connectivity index is 1.69. The van der Waals surface area contributed by atoms with Crippen molar-refractivity contribution < 1.29 is 8.42 Å². The Morgan fingerprint density at radius 3 is 2.24 bits per heavy atom. The maximum atomic E-state index is 10.9. The molecule has 0 radical (unpaired) electrons. The second-order valence-electron chi connectivity index (χ2n) is 5.72. The first-order chi connectivity index (χ1) is 7.99. The Morgan fingerprint density at radius 2 is 1.71 bits per heavy atom. The molecule has 0 amide bonds. The number of hydrogen-bond donors (Lipinski definition) is 1. The van der Waals surface area contributed by atoms with Crippen LogP contribution in [0, 0.1) is 5.41 Å². The van der Waals surface area contributed by atoms with Crippen LogP contribution >= 0.6 is 0 Å². The number of nitrogens with one attached hydrogen (secondary N) is 1. The first-order valence-corrected chi connectivity index (χ1v) is 8.55. The SMILES string of the molecule is CS(=O)(=O)NCCN1CCC2(CCCC2)CC1. The summed E-state index contributed by atoms with van der Waals surface area (Å²) in [5, 5.41) is 0. The molecule has 0 unspecified atom stereocenters. The van der Waals surface area contributed by atoms with E-state index in [0.29, 0.717) is 12.0 Å². The summed E-state index contributed by atoms with van der Waals surface area (Å²) in [5.41, 5.74) is 0.654.